The van der Waals surface area contributed by atoms with Crippen molar-refractivity contribution in [2.75, 3.05) is 6.54 Å². The van der Waals surface area contributed by atoms with Gasteiger partial charge in [0.1, 0.15) is 6.61 Å². The minimum absolute atomic E-state index is 0.316. The number of rotatable bonds is 3. The van der Waals surface area contributed by atoms with Crippen molar-refractivity contribution in [1.29, 1.82) is 0 Å². The van der Waals surface area contributed by atoms with Crippen LogP contribution in [-0.4, -0.2) is 23.8 Å². The summed E-state index contributed by atoms with van der Waals surface area (Å²) in [6.07, 6.45) is 4.26. The van der Waals surface area contributed by atoms with Crippen LogP contribution in [0.25, 0.3) is 0 Å². The van der Waals surface area contributed by atoms with Crippen molar-refractivity contribution in [1.82, 2.24) is 10.5 Å². The Balaban J connectivity index is 1.71. The number of aromatic nitrogens is 1. The van der Waals surface area contributed by atoms with Gasteiger partial charge < -0.3 is 14.6 Å². The van der Waals surface area contributed by atoms with E-state index >= 15 is 0 Å². The number of piperidine rings is 1. The summed E-state index contributed by atoms with van der Waals surface area (Å²) in [5, 5.41) is 7.02. The third-order valence-corrected chi connectivity index (χ3v) is 2.57. The molecule has 1 fully saturated rings. The molecule has 1 aromatic rings. The lowest BCUT2D eigenvalue weighted by atomic mass is 10.0. The highest BCUT2D eigenvalue weighted by Crippen LogP contribution is 2.12. The molecular formula is C10H16N2O2. The molecule has 1 aliphatic heterocycles. The van der Waals surface area contributed by atoms with Gasteiger partial charge in [0.2, 0.25) is 0 Å². The molecule has 0 bridgehead atoms. The van der Waals surface area contributed by atoms with E-state index in [4.69, 9.17) is 9.26 Å². The maximum Gasteiger partial charge on any atom is 0.162 e. The molecule has 4 nitrogen and oxygen atoms in total. The van der Waals surface area contributed by atoms with Crippen LogP contribution in [0.5, 0.6) is 0 Å². The van der Waals surface area contributed by atoms with Gasteiger partial charge in [0.25, 0.3) is 0 Å². The van der Waals surface area contributed by atoms with Gasteiger partial charge in [-0.25, -0.2) is 0 Å². The number of ether oxygens (including phenoxy) is 1. The lowest BCUT2D eigenvalue weighted by molar-refractivity contribution is 0.00926. The topological polar surface area (TPSA) is 47.3 Å². The molecule has 0 spiro atoms. The Kier molecular flexibility index (Phi) is 3.16. The maximum absolute atomic E-state index is 5.68. The van der Waals surface area contributed by atoms with Gasteiger partial charge in [-0.3, -0.25) is 0 Å². The highest BCUT2D eigenvalue weighted by Gasteiger charge is 2.17. The van der Waals surface area contributed by atoms with E-state index < -0.39 is 0 Å². The van der Waals surface area contributed by atoms with Crippen molar-refractivity contribution >= 4 is 0 Å². The molecular weight excluding hydrogens is 180 g/mol. The first-order valence-electron chi connectivity index (χ1n) is 5.09. The van der Waals surface area contributed by atoms with Crippen LogP contribution < -0.4 is 5.32 Å². The molecule has 2 rings (SSSR count). The van der Waals surface area contributed by atoms with Crippen molar-refractivity contribution in [3.63, 3.8) is 0 Å². The minimum atomic E-state index is 0.316. The summed E-state index contributed by atoms with van der Waals surface area (Å²) in [7, 11) is 0. The van der Waals surface area contributed by atoms with Crippen LogP contribution in [0.1, 0.15) is 25.5 Å². The Bertz CT molecular complexity index is 253. The maximum atomic E-state index is 5.68. The van der Waals surface area contributed by atoms with Crippen LogP contribution in [-0.2, 0) is 11.3 Å². The van der Waals surface area contributed by atoms with Gasteiger partial charge in [0.05, 0.1) is 12.3 Å². The first kappa shape index (κ1) is 9.68. The molecule has 78 valence electrons. The van der Waals surface area contributed by atoms with E-state index in [1.807, 2.05) is 6.07 Å². The standard InChI is InChI=1S/C10H16N2O2/c1-8-2-3-9(6-11-8)13-7-10-4-5-12-14-10/h4-5,8-9,11H,2-3,6-7H2,1H3. The SMILES string of the molecule is CC1CCC(OCc2ccno2)CN1. The van der Waals surface area contributed by atoms with Crippen molar-refractivity contribution in [3.05, 3.63) is 18.0 Å². The van der Waals surface area contributed by atoms with Crippen molar-refractivity contribution in [2.24, 2.45) is 0 Å². The summed E-state index contributed by atoms with van der Waals surface area (Å²) in [5.41, 5.74) is 0. The summed E-state index contributed by atoms with van der Waals surface area (Å²) in [6, 6.07) is 2.46. The smallest absolute Gasteiger partial charge is 0.162 e. The highest BCUT2D eigenvalue weighted by molar-refractivity contribution is 4.90. The molecule has 0 aromatic carbocycles. The zero-order valence-electron chi connectivity index (χ0n) is 8.40. The number of nitrogens with one attached hydrogen (secondary N) is 1. The molecule has 4 heteroatoms. The number of hydrogen-bond acceptors (Lipinski definition) is 4. The van der Waals surface area contributed by atoms with E-state index in [-0.39, 0.29) is 0 Å². The Morgan fingerprint density at radius 2 is 2.57 bits per heavy atom. The van der Waals surface area contributed by atoms with E-state index in [0.29, 0.717) is 18.8 Å². The highest BCUT2D eigenvalue weighted by atomic mass is 16.5. The van der Waals surface area contributed by atoms with Crippen molar-refractivity contribution in [2.45, 2.75) is 38.5 Å². The molecule has 1 saturated heterocycles. The van der Waals surface area contributed by atoms with Gasteiger partial charge in [0, 0.05) is 18.7 Å². The van der Waals surface area contributed by atoms with Gasteiger partial charge in [-0.1, -0.05) is 5.16 Å². The van der Waals surface area contributed by atoms with Crippen LogP contribution in [0, 0.1) is 0 Å². The molecule has 1 N–H and O–H groups in total. The predicted molar refractivity (Wildman–Crippen MR) is 51.8 cm³/mol. The molecule has 0 radical (unpaired) electrons. The summed E-state index contributed by atoms with van der Waals surface area (Å²) in [4.78, 5) is 0. The number of hydrogen-bond donors (Lipinski definition) is 1. The van der Waals surface area contributed by atoms with Gasteiger partial charge in [0.15, 0.2) is 5.76 Å². The zero-order valence-corrected chi connectivity index (χ0v) is 8.40. The quantitative estimate of drug-likeness (QED) is 0.792. The fourth-order valence-corrected chi connectivity index (χ4v) is 1.63. The molecule has 0 saturated carbocycles. The van der Waals surface area contributed by atoms with Crippen molar-refractivity contribution < 1.29 is 9.26 Å². The molecule has 2 unspecified atom stereocenters. The second-order valence-corrected chi connectivity index (χ2v) is 3.80. The molecule has 2 heterocycles. The first-order valence-corrected chi connectivity index (χ1v) is 5.09. The average Bonchev–Trinajstić information content (AvgIpc) is 2.70. The van der Waals surface area contributed by atoms with Gasteiger partial charge in [-0.05, 0) is 19.8 Å². The normalized spacial score (nSPS) is 27.8. The molecule has 2 atom stereocenters. The summed E-state index contributed by atoms with van der Waals surface area (Å²) in [6.45, 7) is 3.67. The van der Waals surface area contributed by atoms with Crippen LogP contribution in [0.2, 0.25) is 0 Å². The molecule has 1 aromatic heterocycles. The molecule has 0 amide bonds. The fourth-order valence-electron chi connectivity index (χ4n) is 1.63. The predicted octanol–water partition coefficient (Wildman–Crippen LogP) is 1.33. The van der Waals surface area contributed by atoms with Gasteiger partial charge in [-0.15, -0.1) is 0 Å². The van der Waals surface area contributed by atoms with Crippen LogP contribution in [0.15, 0.2) is 16.8 Å². The lowest BCUT2D eigenvalue weighted by Gasteiger charge is -2.27. The second-order valence-electron chi connectivity index (χ2n) is 3.80. The van der Waals surface area contributed by atoms with E-state index in [2.05, 4.69) is 17.4 Å². The summed E-state index contributed by atoms with van der Waals surface area (Å²) >= 11 is 0. The van der Waals surface area contributed by atoms with E-state index in [0.717, 1.165) is 18.7 Å². The van der Waals surface area contributed by atoms with E-state index in [1.54, 1.807) is 6.20 Å². The Morgan fingerprint density at radius 3 is 3.21 bits per heavy atom. The van der Waals surface area contributed by atoms with Crippen LogP contribution >= 0.6 is 0 Å². The van der Waals surface area contributed by atoms with Gasteiger partial charge >= 0.3 is 0 Å². The lowest BCUT2D eigenvalue weighted by Crippen LogP contribution is -2.40. The molecule has 14 heavy (non-hydrogen) atoms. The van der Waals surface area contributed by atoms with Crippen LogP contribution in [0.3, 0.4) is 0 Å². The minimum Gasteiger partial charge on any atom is -0.369 e. The van der Waals surface area contributed by atoms with Gasteiger partial charge in [-0.2, -0.15) is 0 Å². The van der Waals surface area contributed by atoms with Crippen LogP contribution in [0.4, 0.5) is 0 Å². The average molecular weight is 196 g/mol. The Hall–Kier alpha value is -0.870. The Labute approximate surface area is 83.6 Å². The monoisotopic (exact) mass is 196 g/mol. The zero-order chi connectivity index (χ0) is 9.80. The summed E-state index contributed by atoms with van der Waals surface area (Å²) < 4.78 is 10.6. The molecule has 0 aliphatic carbocycles. The summed E-state index contributed by atoms with van der Waals surface area (Å²) in [5.74, 6) is 0.795. The van der Waals surface area contributed by atoms with Crippen molar-refractivity contribution in [3.8, 4) is 0 Å². The second kappa shape index (κ2) is 4.57. The third kappa shape index (κ3) is 2.56. The number of nitrogens with zero attached hydrogens (tertiary/aromatic N) is 1. The largest absolute Gasteiger partial charge is 0.369 e. The third-order valence-electron chi connectivity index (χ3n) is 2.57. The first-order chi connectivity index (χ1) is 6.84. The Morgan fingerprint density at radius 1 is 1.64 bits per heavy atom. The fraction of sp³-hybridized carbons (Fsp3) is 0.700. The van der Waals surface area contributed by atoms with E-state index in [9.17, 15) is 0 Å². The van der Waals surface area contributed by atoms with E-state index in [1.165, 1.54) is 6.42 Å². The molecule has 1 aliphatic rings.